The Morgan fingerprint density at radius 2 is 2.00 bits per heavy atom. The topological polar surface area (TPSA) is 42.0 Å². The number of hydrogen-bond donors (Lipinski definition) is 0. The third-order valence-electron chi connectivity index (χ3n) is 3.97. The van der Waals surface area contributed by atoms with Crippen molar-refractivity contribution in [2.24, 2.45) is 0 Å². The highest BCUT2D eigenvalue weighted by molar-refractivity contribution is 5.73. The van der Waals surface area contributed by atoms with Crippen molar-refractivity contribution in [1.82, 2.24) is 9.80 Å². The Kier molecular flexibility index (Phi) is 6.07. The van der Waals surface area contributed by atoms with Gasteiger partial charge >= 0.3 is 0 Å². The summed E-state index contributed by atoms with van der Waals surface area (Å²) in [5.74, 6) is 1.73. The van der Waals surface area contributed by atoms with Gasteiger partial charge < -0.3 is 14.4 Å². The fourth-order valence-corrected chi connectivity index (χ4v) is 2.79. The maximum atomic E-state index is 11.5. The minimum absolute atomic E-state index is 0.171. The van der Waals surface area contributed by atoms with E-state index >= 15 is 0 Å². The van der Waals surface area contributed by atoms with Gasteiger partial charge in [0.25, 0.3) is 0 Å². The first-order valence-corrected chi connectivity index (χ1v) is 7.91. The Balaban J connectivity index is 1.99. The fourth-order valence-electron chi connectivity index (χ4n) is 2.79. The molecule has 0 N–H and O–H groups in total. The highest BCUT2D eigenvalue weighted by Crippen LogP contribution is 2.28. The van der Waals surface area contributed by atoms with Crippen LogP contribution in [0, 0.1) is 0 Å². The molecular formula is C17H26N2O3. The molecule has 5 nitrogen and oxygen atoms in total. The molecule has 1 aromatic carbocycles. The van der Waals surface area contributed by atoms with Gasteiger partial charge in [0.2, 0.25) is 5.91 Å². The summed E-state index contributed by atoms with van der Waals surface area (Å²) in [5, 5.41) is 0. The predicted octanol–water partition coefficient (Wildman–Crippen LogP) is 2.15. The average molecular weight is 306 g/mol. The Morgan fingerprint density at radius 3 is 2.68 bits per heavy atom. The van der Waals surface area contributed by atoms with Crippen molar-refractivity contribution in [3.63, 3.8) is 0 Å². The Bertz CT molecular complexity index is 505. The summed E-state index contributed by atoms with van der Waals surface area (Å²) in [5.41, 5.74) is 1.21. The van der Waals surface area contributed by atoms with Gasteiger partial charge in [-0.05, 0) is 31.0 Å². The molecule has 2 rings (SSSR count). The normalized spacial score (nSPS) is 16.2. The van der Waals surface area contributed by atoms with Gasteiger partial charge in [-0.15, -0.1) is 0 Å². The number of carbonyl (C=O) groups is 1. The van der Waals surface area contributed by atoms with E-state index in [0.29, 0.717) is 6.61 Å². The molecule has 0 unspecified atom stereocenters. The van der Waals surface area contributed by atoms with E-state index < -0.39 is 0 Å². The van der Waals surface area contributed by atoms with Crippen molar-refractivity contribution in [2.45, 2.75) is 26.8 Å². The minimum Gasteiger partial charge on any atom is -0.493 e. The van der Waals surface area contributed by atoms with E-state index in [1.807, 2.05) is 24.0 Å². The van der Waals surface area contributed by atoms with Crippen LogP contribution in [0.2, 0.25) is 0 Å². The lowest BCUT2D eigenvalue weighted by Crippen LogP contribution is -2.33. The molecule has 122 valence electrons. The maximum Gasteiger partial charge on any atom is 0.219 e. The van der Waals surface area contributed by atoms with Crippen LogP contribution in [-0.2, 0) is 11.3 Å². The van der Waals surface area contributed by atoms with E-state index in [9.17, 15) is 4.79 Å². The lowest BCUT2D eigenvalue weighted by Gasteiger charge is -2.21. The molecule has 1 aliphatic rings. The molecule has 22 heavy (non-hydrogen) atoms. The van der Waals surface area contributed by atoms with Gasteiger partial charge in [0.05, 0.1) is 13.7 Å². The molecular weight excluding hydrogens is 280 g/mol. The van der Waals surface area contributed by atoms with Crippen LogP contribution in [-0.4, -0.2) is 55.6 Å². The van der Waals surface area contributed by atoms with Crippen LogP contribution in [0.5, 0.6) is 11.5 Å². The highest BCUT2D eigenvalue weighted by atomic mass is 16.5. The van der Waals surface area contributed by atoms with E-state index in [2.05, 4.69) is 11.0 Å². The maximum absolute atomic E-state index is 11.5. The molecule has 1 fully saturated rings. The number of ether oxygens (including phenoxy) is 2. The largest absolute Gasteiger partial charge is 0.493 e. The van der Waals surface area contributed by atoms with Gasteiger partial charge in [0.1, 0.15) is 0 Å². The van der Waals surface area contributed by atoms with Crippen molar-refractivity contribution in [3.8, 4) is 11.5 Å². The zero-order valence-electron chi connectivity index (χ0n) is 13.8. The van der Waals surface area contributed by atoms with E-state index in [-0.39, 0.29) is 5.91 Å². The van der Waals surface area contributed by atoms with Gasteiger partial charge in [-0.3, -0.25) is 9.69 Å². The van der Waals surface area contributed by atoms with Crippen LogP contribution in [0.15, 0.2) is 18.2 Å². The van der Waals surface area contributed by atoms with Crippen LogP contribution in [0.1, 0.15) is 25.8 Å². The van der Waals surface area contributed by atoms with Crippen molar-refractivity contribution in [3.05, 3.63) is 23.8 Å². The number of nitrogens with zero attached hydrogens (tertiary/aromatic N) is 2. The van der Waals surface area contributed by atoms with Gasteiger partial charge in [0, 0.05) is 39.6 Å². The number of amides is 1. The van der Waals surface area contributed by atoms with Crippen LogP contribution >= 0.6 is 0 Å². The SMILES string of the molecule is CCOc1ccc(CN2CCCN(C(C)=O)CC2)cc1OC. The summed E-state index contributed by atoms with van der Waals surface area (Å²) in [6.45, 7) is 8.70. The summed E-state index contributed by atoms with van der Waals surface area (Å²) in [6, 6.07) is 6.09. The molecule has 1 aromatic rings. The quantitative estimate of drug-likeness (QED) is 0.836. The zero-order chi connectivity index (χ0) is 15.9. The smallest absolute Gasteiger partial charge is 0.219 e. The number of rotatable bonds is 5. The van der Waals surface area contributed by atoms with Crippen molar-refractivity contribution < 1.29 is 14.3 Å². The van der Waals surface area contributed by atoms with Crippen LogP contribution < -0.4 is 9.47 Å². The standard InChI is InChI=1S/C17H26N2O3/c1-4-22-16-7-6-15(12-17(16)21-3)13-18-8-5-9-19(11-10-18)14(2)20/h6-7,12H,4-5,8-11,13H2,1-3H3. The lowest BCUT2D eigenvalue weighted by molar-refractivity contribution is -0.128. The Morgan fingerprint density at radius 1 is 1.18 bits per heavy atom. The number of hydrogen-bond acceptors (Lipinski definition) is 4. The lowest BCUT2D eigenvalue weighted by atomic mass is 10.2. The monoisotopic (exact) mass is 306 g/mol. The second kappa shape index (κ2) is 8.03. The molecule has 0 atom stereocenters. The summed E-state index contributed by atoms with van der Waals surface area (Å²) in [7, 11) is 1.66. The third-order valence-corrected chi connectivity index (χ3v) is 3.97. The second-order valence-electron chi connectivity index (χ2n) is 5.55. The first kappa shape index (κ1) is 16.6. The number of benzene rings is 1. The first-order chi connectivity index (χ1) is 10.6. The molecule has 0 spiro atoms. The number of carbonyl (C=O) groups excluding carboxylic acids is 1. The average Bonchev–Trinajstić information content (AvgIpc) is 2.74. The molecule has 1 aliphatic heterocycles. The molecule has 5 heteroatoms. The summed E-state index contributed by atoms with van der Waals surface area (Å²) < 4.78 is 11.0. The first-order valence-electron chi connectivity index (χ1n) is 7.91. The molecule has 1 amide bonds. The predicted molar refractivity (Wildman–Crippen MR) is 86.3 cm³/mol. The van der Waals surface area contributed by atoms with Crippen LogP contribution in [0.3, 0.4) is 0 Å². The Labute approximate surface area is 132 Å². The van der Waals surface area contributed by atoms with Gasteiger partial charge in [-0.1, -0.05) is 6.07 Å². The molecule has 0 saturated carbocycles. The van der Waals surface area contributed by atoms with E-state index in [1.54, 1.807) is 14.0 Å². The number of methoxy groups -OCH3 is 1. The van der Waals surface area contributed by atoms with E-state index in [1.165, 1.54) is 5.56 Å². The molecule has 0 bridgehead atoms. The fraction of sp³-hybridized carbons (Fsp3) is 0.588. The molecule has 1 saturated heterocycles. The van der Waals surface area contributed by atoms with Crippen molar-refractivity contribution >= 4 is 5.91 Å². The molecule has 0 aromatic heterocycles. The molecule has 0 aliphatic carbocycles. The van der Waals surface area contributed by atoms with E-state index in [4.69, 9.17) is 9.47 Å². The summed E-state index contributed by atoms with van der Waals surface area (Å²) in [6.07, 6.45) is 1.02. The third kappa shape index (κ3) is 4.37. The Hall–Kier alpha value is -1.75. The van der Waals surface area contributed by atoms with Gasteiger partial charge in [0.15, 0.2) is 11.5 Å². The highest BCUT2D eigenvalue weighted by Gasteiger charge is 2.17. The van der Waals surface area contributed by atoms with Gasteiger partial charge in [-0.2, -0.15) is 0 Å². The zero-order valence-corrected chi connectivity index (χ0v) is 13.8. The van der Waals surface area contributed by atoms with Crippen LogP contribution in [0.25, 0.3) is 0 Å². The van der Waals surface area contributed by atoms with Crippen molar-refractivity contribution in [1.29, 1.82) is 0 Å². The van der Waals surface area contributed by atoms with Gasteiger partial charge in [-0.25, -0.2) is 0 Å². The summed E-state index contributed by atoms with van der Waals surface area (Å²) in [4.78, 5) is 15.8. The second-order valence-corrected chi connectivity index (χ2v) is 5.55. The molecule has 0 radical (unpaired) electrons. The minimum atomic E-state index is 0.171. The molecule has 1 heterocycles. The van der Waals surface area contributed by atoms with E-state index in [0.717, 1.165) is 50.6 Å². The van der Waals surface area contributed by atoms with Crippen molar-refractivity contribution in [2.75, 3.05) is 39.9 Å². The van der Waals surface area contributed by atoms with Crippen LogP contribution in [0.4, 0.5) is 0 Å². The summed E-state index contributed by atoms with van der Waals surface area (Å²) >= 11 is 0.